The number of benzene rings is 1. The molecule has 0 bridgehead atoms. The highest BCUT2D eigenvalue weighted by molar-refractivity contribution is 7.92. The van der Waals surface area contributed by atoms with Crippen molar-refractivity contribution in [2.75, 3.05) is 0 Å². The standard InChI is InChI=1S/C11H12FNO2S/c1-2-16(14,15)13-11-7-10(11)8-4-3-5-9(12)6-8/h2-6,10-11,13H,1,7H2/t10-,11+/m0/s1. The molecule has 0 aromatic heterocycles. The fourth-order valence-corrected chi connectivity index (χ4v) is 2.47. The zero-order valence-electron chi connectivity index (χ0n) is 8.56. The number of sulfonamides is 1. The Kier molecular flexibility index (Phi) is 2.82. The highest BCUT2D eigenvalue weighted by Gasteiger charge is 2.40. The highest BCUT2D eigenvalue weighted by Crippen LogP contribution is 2.41. The van der Waals surface area contributed by atoms with Gasteiger partial charge in [-0.1, -0.05) is 18.7 Å². The Morgan fingerprint density at radius 3 is 2.88 bits per heavy atom. The van der Waals surface area contributed by atoms with E-state index in [0.717, 1.165) is 11.0 Å². The maximum absolute atomic E-state index is 12.9. The third-order valence-electron chi connectivity index (χ3n) is 2.60. The molecule has 0 aliphatic heterocycles. The summed E-state index contributed by atoms with van der Waals surface area (Å²) in [5, 5.41) is 0.883. The summed E-state index contributed by atoms with van der Waals surface area (Å²) in [5.74, 6) is -0.222. The van der Waals surface area contributed by atoms with Gasteiger partial charge in [0.25, 0.3) is 0 Å². The average Bonchev–Trinajstić information content (AvgIpc) is 2.96. The molecule has 2 atom stereocenters. The summed E-state index contributed by atoms with van der Waals surface area (Å²) >= 11 is 0. The maximum Gasteiger partial charge on any atom is 0.233 e. The molecule has 86 valence electrons. The van der Waals surface area contributed by atoms with Crippen LogP contribution in [-0.2, 0) is 10.0 Å². The largest absolute Gasteiger partial charge is 0.233 e. The molecule has 5 heteroatoms. The average molecular weight is 241 g/mol. The lowest BCUT2D eigenvalue weighted by Crippen LogP contribution is -2.24. The molecule has 0 spiro atoms. The molecule has 0 unspecified atom stereocenters. The zero-order valence-corrected chi connectivity index (χ0v) is 9.37. The highest BCUT2D eigenvalue weighted by atomic mass is 32.2. The zero-order chi connectivity index (χ0) is 11.8. The maximum atomic E-state index is 12.9. The van der Waals surface area contributed by atoms with Crippen LogP contribution in [0.15, 0.2) is 36.3 Å². The topological polar surface area (TPSA) is 46.2 Å². The lowest BCUT2D eigenvalue weighted by molar-refractivity contribution is 0.589. The molecule has 16 heavy (non-hydrogen) atoms. The molecular formula is C11H12FNO2S. The van der Waals surface area contributed by atoms with Gasteiger partial charge in [-0.05, 0) is 24.1 Å². The lowest BCUT2D eigenvalue weighted by atomic mass is 10.1. The van der Waals surface area contributed by atoms with Crippen LogP contribution in [0, 0.1) is 5.82 Å². The molecule has 0 amide bonds. The van der Waals surface area contributed by atoms with Crippen molar-refractivity contribution in [1.82, 2.24) is 4.72 Å². The van der Waals surface area contributed by atoms with E-state index in [1.165, 1.54) is 12.1 Å². The smallest absolute Gasteiger partial charge is 0.208 e. The van der Waals surface area contributed by atoms with E-state index in [-0.39, 0.29) is 17.8 Å². The molecule has 1 aliphatic carbocycles. The molecular weight excluding hydrogens is 229 g/mol. The second-order valence-electron chi connectivity index (χ2n) is 3.83. The van der Waals surface area contributed by atoms with Crippen molar-refractivity contribution in [2.24, 2.45) is 0 Å². The van der Waals surface area contributed by atoms with Crippen LogP contribution in [0.3, 0.4) is 0 Å². The van der Waals surface area contributed by atoms with Crippen LogP contribution in [0.5, 0.6) is 0 Å². The third-order valence-corrected chi connectivity index (χ3v) is 3.67. The molecule has 1 aromatic carbocycles. The first-order valence-electron chi connectivity index (χ1n) is 4.92. The normalized spacial score (nSPS) is 24.1. The summed E-state index contributed by atoms with van der Waals surface area (Å²) < 4.78 is 37.8. The Hall–Kier alpha value is -1.20. The summed E-state index contributed by atoms with van der Waals surface area (Å²) in [4.78, 5) is 0. The van der Waals surface area contributed by atoms with Gasteiger partial charge in [0.15, 0.2) is 0 Å². The van der Waals surface area contributed by atoms with E-state index in [2.05, 4.69) is 11.3 Å². The Morgan fingerprint density at radius 2 is 2.25 bits per heavy atom. The predicted molar refractivity (Wildman–Crippen MR) is 59.8 cm³/mol. The minimum Gasteiger partial charge on any atom is -0.208 e. The molecule has 0 radical (unpaired) electrons. The van der Waals surface area contributed by atoms with Gasteiger partial charge in [-0.15, -0.1) is 0 Å². The van der Waals surface area contributed by atoms with Crippen LogP contribution in [-0.4, -0.2) is 14.5 Å². The number of nitrogens with one attached hydrogen (secondary N) is 1. The van der Waals surface area contributed by atoms with E-state index in [9.17, 15) is 12.8 Å². The van der Waals surface area contributed by atoms with E-state index in [1.807, 2.05) is 0 Å². The Bertz CT molecular complexity index is 512. The number of rotatable bonds is 4. The second-order valence-corrected chi connectivity index (χ2v) is 5.49. The van der Waals surface area contributed by atoms with Gasteiger partial charge in [-0.2, -0.15) is 0 Å². The number of hydrogen-bond acceptors (Lipinski definition) is 2. The van der Waals surface area contributed by atoms with Crippen LogP contribution in [0.1, 0.15) is 17.9 Å². The van der Waals surface area contributed by atoms with E-state index in [1.54, 1.807) is 12.1 Å². The SMILES string of the molecule is C=CS(=O)(=O)N[C@@H]1C[C@H]1c1cccc(F)c1. The van der Waals surface area contributed by atoms with Gasteiger partial charge in [0.05, 0.1) is 0 Å². The summed E-state index contributed by atoms with van der Waals surface area (Å²) in [6.07, 6.45) is 0.705. The third kappa shape index (κ3) is 2.48. The number of halogens is 1. The van der Waals surface area contributed by atoms with Crippen molar-refractivity contribution in [3.63, 3.8) is 0 Å². The van der Waals surface area contributed by atoms with Crippen LogP contribution in [0.2, 0.25) is 0 Å². The summed E-state index contributed by atoms with van der Waals surface area (Å²) in [7, 11) is -3.39. The minimum atomic E-state index is -3.39. The molecule has 1 saturated carbocycles. The molecule has 1 fully saturated rings. The van der Waals surface area contributed by atoms with Crippen LogP contribution < -0.4 is 4.72 Å². The van der Waals surface area contributed by atoms with Gasteiger partial charge >= 0.3 is 0 Å². The van der Waals surface area contributed by atoms with Crippen molar-refractivity contribution in [3.05, 3.63) is 47.6 Å². The van der Waals surface area contributed by atoms with Gasteiger partial charge < -0.3 is 0 Å². The quantitative estimate of drug-likeness (QED) is 0.872. The van der Waals surface area contributed by atoms with Crippen LogP contribution >= 0.6 is 0 Å². The van der Waals surface area contributed by atoms with Gasteiger partial charge in [0, 0.05) is 17.4 Å². The molecule has 2 rings (SSSR count). The number of hydrogen-bond donors (Lipinski definition) is 1. The first kappa shape index (κ1) is 11.3. The lowest BCUT2D eigenvalue weighted by Gasteiger charge is -2.02. The first-order chi connectivity index (χ1) is 7.52. The summed E-state index contributed by atoms with van der Waals surface area (Å²) in [6, 6.07) is 6.10. The van der Waals surface area contributed by atoms with Crippen LogP contribution in [0.25, 0.3) is 0 Å². The Balaban J connectivity index is 2.05. The molecule has 0 saturated heterocycles. The molecule has 1 aromatic rings. The van der Waals surface area contributed by atoms with E-state index in [0.29, 0.717) is 6.42 Å². The molecule has 1 N–H and O–H groups in total. The molecule has 0 heterocycles. The van der Waals surface area contributed by atoms with E-state index in [4.69, 9.17) is 0 Å². The first-order valence-corrected chi connectivity index (χ1v) is 6.47. The van der Waals surface area contributed by atoms with Crippen molar-refractivity contribution < 1.29 is 12.8 Å². The van der Waals surface area contributed by atoms with Gasteiger partial charge in [0.1, 0.15) is 5.82 Å². The fourth-order valence-electron chi connectivity index (χ4n) is 1.69. The Morgan fingerprint density at radius 1 is 1.50 bits per heavy atom. The van der Waals surface area contributed by atoms with Crippen molar-refractivity contribution >= 4 is 10.0 Å². The van der Waals surface area contributed by atoms with Crippen LogP contribution in [0.4, 0.5) is 4.39 Å². The molecule has 1 aliphatic rings. The van der Waals surface area contributed by atoms with E-state index >= 15 is 0 Å². The fraction of sp³-hybridized carbons (Fsp3) is 0.273. The van der Waals surface area contributed by atoms with Crippen molar-refractivity contribution in [3.8, 4) is 0 Å². The van der Waals surface area contributed by atoms with Gasteiger partial charge in [0.2, 0.25) is 10.0 Å². The predicted octanol–water partition coefficient (Wildman–Crippen LogP) is 1.74. The Labute approximate surface area is 94.0 Å². The van der Waals surface area contributed by atoms with Gasteiger partial charge in [-0.3, -0.25) is 0 Å². The van der Waals surface area contributed by atoms with Gasteiger partial charge in [-0.25, -0.2) is 17.5 Å². The van der Waals surface area contributed by atoms with Crippen molar-refractivity contribution in [2.45, 2.75) is 18.4 Å². The molecule has 3 nitrogen and oxygen atoms in total. The van der Waals surface area contributed by atoms with Crippen molar-refractivity contribution in [1.29, 1.82) is 0 Å². The summed E-state index contributed by atoms with van der Waals surface area (Å²) in [5.41, 5.74) is 0.830. The van der Waals surface area contributed by atoms with E-state index < -0.39 is 10.0 Å². The summed E-state index contributed by atoms with van der Waals surface area (Å²) in [6.45, 7) is 3.21. The minimum absolute atomic E-state index is 0.0745. The second kappa shape index (κ2) is 3.99. The monoisotopic (exact) mass is 241 g/mol.